The lowest BCUT2D eigenvalue weighted by molar-refractivity contribution is 0.284. The molecule has 2 aromatic heterocycles. The first-order valence-corrected chi connectivity index (χ1v) is 9.35. The van der Waals surface area contributed by atoms with E-state index in [1.807, 2.05) is 4.57 Å². The Morgan fingerprint density at radius 2 is 2.17 bits per heavy atom. The average molecular weight is 343 g/mol. The zero-order valence-corrected chi connectivity index (χ0v) is 14.6. The Morgan fingerprint density at radius 3 is 2.92 bits per heavy atom. The summed E-state index contributed by atoms with van der Waals surface area (Å²) in [5.41, 5.74) is 0.785. The second-order valence-electron chi connectivity index (χ2n) is 6.67. The molecule has 1 aliphatic carbocycles. The number of thiophene rings is 1. The third-order valence-corrected chi connectivity index (χ3v) is 6.18. The van der Waals surface area contributed by atoms with Crippen LogP contribution in [0.3, 0.4) is 0 Å². The maximum absolute atomic E-state index is 13.0. The van der Waals surface area contributed by atoms with Gasteiger partial charge in [-0.3, -0.25) is 14.4 Å². The molecule has 0 saturated heterocycles. The minimum Gasteiger partial charge on any atom is -0.469 e. The van der Waals surface area contributed by atoms with Gasteiger partial charge in [-0.2, -0.15) is 0 Å². The van der Waals surface area contributed by atoms with Crippen molar-refractivity contribution in [3.05, 3.63) is 39.4 Å². The molecule has 0 spiro atoms. The average Bonchev–Trinajstić information content (AvgIpc) is 2.97. The van der Waals surface area contributed by atoms with E-state index in [2.05, 4.69) is 23.5 Å². The van der Waals surface area contributed by atoms with Crippen LogP contribution >= 0.6 is 11.3 Å². The van der Waals surface area contributed by atoms with Crippen LogP contribution in [0.4, 0.5) is 0 Å². The van der Waals surface area contributed by atoms with Crippen LogP contribution in [0.5, 0.6) is 0 Å². The summed E-state index contributed by atoms with van der Waals surface area (Å²) >= 11 is 1.44. The van der Waals surface area contributed by atoms with Crippen molar-refractivity contribution in [3.63, 3.8) is 0 Å². The predicted octanol–water partition coefficient (Wildman–Crippen LogP) is 2.50. The minimum absolute atomic E-state index is 0.0621. The number of aromatic nitrogens is 2. The summed E-state index contributed by atoms with van der Waals surface area (Å²) in [7, 11) is 0. The van der Waals surface area contributed by atoms with E-state index >= 15 is 0 Å². The van der Waals surface area contributed by atoms with Crippen LogP contribution in [0.15, 0.2) is 29.0 Å². The molecule has 0 amide bonds. The molecule has 126 valence electrons. The maximum Gasteiger partial charge on any atom is 0.271 e. The van der Waals surface area contributed by atoms with Gasteiger partial charge < -0.3 is 4.74 Å². The van der Waals surface area contributed by atoms with Gasteiger partial charge in [-0.05, 0) is 31.6 Å². The topological polar surface area (TPSA) is 56.5 Å². The second kappa shape index (κ2) is 6.16. The summed E-state index contributed by atoms with van der Waals surface area (Å²) in [4.78, 5) is 22.2. The van der Waals surface area contributed by atoms with Crippen molar-refractivity contribution in [2.75, 3.05) is 6.54 Å². The smallest absolute Gasteiger partial charge is 0.271 e. The highest BCUT2D eigenvalue weighted by Gasteiger charge is 2.23. The second-order valence-corrected chi connectivity index (χ2v) is 7.67. The Labute approximate surface area is 144 Å². The summed E-state index contributed by atoms with van der Waals surface area (Å²) in [6.45, 7) is 6.60. The minimum atomic E-state index is 0.0621. The number of ether oxygens (including phenoxy) is 1. The van der Waals surface area contributed by atoms with Crippen LogP contribution in [-0.4, -0.2) is 16.1 Å². The predicted molar refractivity (Wildman–Crippen MR) is 95.5 cm³/mol. The lowest BCUT2D eigenvalue weighted by atomic mass is 9.87. The van der Waals surface area contributed by atoms with Crippen molar-refractivity contribution in [3.8, 4) is 0 Å². The molecule has 5 nitrogen and oxygen atoms in total. The van der Waals surface area contributed by atoms with Crippen molar-refractivity contribution in [1.82, 2.24) is 9.55 Å². The number of hydrogen-bond donors (Lipinski definition) is 0. The molecule has 0 atom stereocenters. The molecule has 1 fully saturated rings. The number of hydrogen-bond acceptors (Lipinski definition) is 5. The van der Waals surface area contributed by atoms with E-state index in [4.69, 9.17) is 4.74 Å². The molecule has 3 heterocycles. The van der Waals surface area contributed by atoms with Gasteiger partial charge in [0.2, 0.25) is 0 Å². The Hall–Kier alpha value is -1.95. The molecule has 1 saturated carbocycles. The highest BCUT2D eigenvalue weighted by molar-refractivity contribution is 7.16. The van der Waals surface area contributed by atoms with Gasteiger partial charge in [0, 0.05) is 19.0 Å². The van der Waals surface area contributed by atoms with Gasteiger partial charge in [0.1, 0.15) is 20.6 Å². The maximum atomic E-state index is 13.0. The molecule has 0 aromatic carbocycles. The first-order chi connectivity index (χ1) is 11.7. The van der Waals surface area contributed by atoms with Gasteiger partial charge >= 0.3 is 0 Å². The van der Waals surface area contributed by atoms with Gasteiger partial charge in [0.25, 0.3) is 5.56 Å². The fraction of sp³-hybridized carbons (Fsp3) is 0.500. The molecule has 2 aromatic rings. The Morgan fingerprint density at radius 1 is 1.38 bits per heavy atom. The first-order valence-electron chi connectivity index (χ1n) is 8.54. The molecule has 1 aliphatic heterocycles. The summed E-state index contributed by atoms with van der Waals surface area (Å²) in [6.07, 6.45) is 8.33. The van der Waals surface area contributed by atoms with E-state index < -0.39 is 0 Å². The highest BCUT2D eigenvalue weighted by Crippen LogP contribution is 2.31. The van der Waals surface area contributed by atoms with Crippen LogP contribution in [0.25, 0.3) is 16.0 Å². The lowest BCUT2D eigenvalue weighted by Crippen LogP contribution is -2.30. The van der Waals surface area contributed by atoms with Gasteiger partial charge in [-0.25, -0.2) is 4.98 Å². The third-order valence-electron chi connectivity index (χ3n) is 5.08. The van der Waals surface area contributed by atoms with Crippen molar-refractivity contribution in [2.45, 2.75) is 45.1 Å². The molecular weight excluding hydrogens is 322 g/mol. The standard InChI is InChI=1S/C18H21N3O2S/c1-3-23-13-8-9-19-17-14(13)15-16(24-17)18(22)21(10-20-15)12-6-4-11(2)5-7-12/h3,10-12H,1,4-9H2,2H3. The van der Waals surface area contributed by atoms with E-state index in [0.717, 1.165) is 46.3 Å². The van der Waals surface area contributed by atoms with E-state index in [9.17, 15) is 4.79 Å². The normalized spacial score (nSPS) is 23.6. The Bertz CT molecular complexity index is 965. The van der Waals surface area contributed by atoms with Crippen LogP contribution in [0.2, 0.25) is 0 Å². The molecule has 0 bridgehead atoms. The van der Waals surface area contributed by atoms with Crippen molar-refractivity contribution in [1.29, 1.82) is 0 Å². The molecule has 24 heavy (non-hydrogen) atoms. The molecule has 4 rings (SSSR count). The van der Waals surface area contributed by atoms with Crippen LogP contribution in [-0.2, 0) is 4.74 Å². The monoisotopic (exact) mass is 343 g/mol. The number of rotatable bonds is 3. The van der Waals surface area contributed by atoms with E-state index in [1.54, 1.807) is 6.33 Å². The van der Waals surface area contributed by atoms with Gasteiger partial charge in [-0.15, -0.1) is 11.3 Å². The SMILES string of the molecule is C=COC1=c2c(sc3c(=O)n(C4CCC(C)CC4)cnc23)=NCC1. The third kappa shape index (κ3) is 2.49. The van der Waals surface area contributed by atoms with E-state index in [-0.39, 0.29) is 11.6 Å². The molecule has 6 heteroatoms. The lowest BCUT2D eigenvalue weighted by Gasteiger charge is -2.27. The fourth-order valence-corrected chi connectivity index (χ4v) is 4.82. The number of nitrogens with zero attached hydrogens (tertiary/aromatic N) is 3. The summed E-state index contributed by atoms with van der Waals surface area (Å²) in [6, 6.07) is 0.273. The molecule has 2 aliphatic rings. The van der Waals surface area contributed by atoms with E-state index in [1.165, 1.54) is 30.4 Å². The van der Waals surface area contributed by atoms with Crippen LogP contribution < -0.4 is 15.4 Å². The summed E-state index contributed by atoms with van der Waals surface area (Å²) in [5.74, 6) is 1.58. The zero-order valence-electron chi connectivity index (χ0n) is 13.8. The van der Waals surface area contributed by atoms with Crippen molar-refractivity contribution >= 4 is 27.3 Å². The summed E-state index contributed by atoms with van der Waals surface area (Å²) in [5, 5.41) is 0.877. The van der Waals surface area contributed by atoms with E-state index in [0.29, 0.717) is 11.2 Å². The molecular formula is C18H21N3O2S. The highest BCUT2D eigenvalue weighted by atomic mass is 32.1. The van der Waals surface area contributed by atoms with Crippen molar-refractivity contribution in [2.24, 2.45) is 10.9 Å². The Balaban J connectivity index is 1.89. The quantitative estimate of drug-likeness (QED) is 0.805. The first kappa shape index (κ1) is 15.6. The largest absolute Gasteiger partial charge is 0.469 e. The van der Waals surface area contributed by atoms with Gasteiger partial charge in [0.05, 0.1) is 17.8 Å². The number of fused-ring (bicyclic) bond motifs is 3. The molecule has 0 radical (unpaired) electrons. The van der Waals surface area contributed by atoms with Gasteiger partial charge in [-0.1, -0.05) is 13.5 Å². The summed E-state index contributed by atoms with van der Waals surface area (Å²) < 4.78 is 8.94. The van der Waals surface area contributed by atoms with Crippen LogP contribution in [0.1, 0.15) is 45.1 Å². The molecule has 0 unspecified atom stereocenters. The van der Waals surface area contributed by atoms with Gasteiger partial charge in [0.15, 0.2) is 0 Å². The van der Waals surface area contributed by atoms with Crippen molar-refractivity contribution < 1.29 is 4.74 Å². The molecule has 0 N–H and O–H groups in total. The fourth-order valence-electron chi connectivity index (χ4n) is 3.71. The van der Waals surface area contributed by atoms with Crippen LogP contribution in [0, 0.1) is 5.92 Å². The zero-order chi connectivity index (χ0) is 16.7. The Kier molecular flexibility index (Phi) is 4.00.